The standard InChI is InChI=1S/C8H7BN2O2/c12-9(13)7-2-1-3-8-6(7)4-10-5-11-8/h1-5,12-13H. The molecule has 0 saturated heterocycles. The van der Waals surface area contributed by atoms with E-state index in [4.69, 9.17) is 10.0 Å². The lowest BCUT2D eigenvalue weighted by Crippen LogP contribution is -2.30. The van der Waals surface area contributed by atoms with Crippen LogP contribution in [0.15, 0.2) is 30.7 Å². The summed E-state index contributed by atoms with van der Waals surface area (Å²) in [6.45, 7) is 0. The van der Waals surface area contributed by atoms with Crippen LogP contribution in [0, 0.1) is 0 Å². The third-order valence-corrected chi connectivity index (χ3v) is 1.86. The molecule has 1 heterocycles. The van der Waals surface area contributed by atoms with Crippen molar-refractivity contribution in [2.45, 2.75) is 0 Å². The lowest BCUT2D eigenvalue weighted by molar-refractivity contribution is 0.426. The van der Waals surface area contributed by atoms with Gasteiger partial charge in [-0.2, -0.15) is 0 Å². The van der Waals surface area contributed by atoms with Crippen LogP contribution >= 0.6 is 0 Å². The van der Waals surface area contributed by atoms with Gasteiger partial charge in [0, 0.05) is 11.6 Å². The maximum atomic E-state index is 9.02. The zero-order valence-corrected chi connectivity index (χ0v) is 6.75. The van der Waals surface area contributed by atoms with Crippen LogP contribution in [0.3, 0.4) is 0 Å². The van der Waals surface area contributed by atoms with Gasteiger partial charge in [0.2, 0.25) is 0 Å². The molecule has 0 atom stereocenters. The predicted octanol–water partition coefficient (Wildman–Crippen LogP) is -0.690. The number of rotatable bonds is 1. The molecule has 0 saturated carbocycles. The number of aromatic nitrogens is 2. The second kappa shape index (κ2) is 3.12. The van der Waals surface area contributed by atoms with Crippen LogP contribution in [0.25, 0.3) is 10.9 Å². The largest absolute Gasteiger partial charge is 0.489 e. The average molecular weight is 174 g/mol. The molecule has 0 aliphatic rings. The van der Waals surface area contributed by atoms with Crippen molar-refractivity contribution in [2.24, 2.45) is 0 Å². The van der Waals surface area contributed by atoms with Gasteiger partial charge in [-0.1, -0.05) is 12.1 Å². The van der Waals surface area contributed by atoms with Crippen LogP contribution in [0.2, 0.25) is 0 Å². The summed E-state index contributed by atoms with van der Waals surface area (Å²) in [7, 11) is -1.48. The Bertz CT molecular complexity index is 428. The van der Waals surface area contributed by atoms with E-state index >= 15 is 0 Å². The van der Waals surface area contributed by atoms with Crippen molar-refractivity contribution in [3.05, 3.63) is 30.7 Å². The van der Waals surface area contributed by atoms with E-state index in [0.29, 0.717) is 16.4 Å². The Morgan fingerprint density at radius 3 is 2.85 bits per heavy atom. The summed E-state index contributed by atoms with van der Waals surface area (Å²) in [6, 6.07) is 5.16. The minimum absolute atomic E-state index is 0.429. The van der Waals surface area contributed by atoms with Crippen LogP contribution < -0.4 is 5.46 Å². The van der Waals surface area contributed by atoms with E-state index in [-0.39, 0.29) is 0 Å². The van der Waals surface area contributed by atoms with E-state index < -0.39 is 7.12 Å². The first kappa shape index (κ1) is 8.16. The molecule has 0 amide bonds. The monoisotopic (exact) mass is 174 g/mol. The molecule has 0 fully saturated rings. The van der Waals surface area contributed by atoms with Crippen LogP contribution in [0.1, 0.15) is 0 Å². The topological polar surface area (TPSA) is 66.2 Å². The summed E-state index contributed by atoms with van der Waals surface area (Å²) < 4.78 is 0. The smallest absolute Gasteiger partial charge is 0.423 e. The minimum atomic E-state index is -1.48. The number of hydrogen-bond donors (Lipinski definition) is 2. The molecule has 5 heteroatoms. The molecule has 13 heavy (non-hydrogen) atoms. The van der Waals surface area contributed by atoms with E-state index in [0.717, 1.165) is 0 Å². The zero-order chi connectivity index (χ0) is 9.26. The molecule has 0 aliphatic carbocycles. The molecular weight excluding hydrogens is 167 g/mol. The van der Waals surface area contributed by atoms with E-state index in [1.165, 1.54) is 6.33 Å². The first-order valence-electron chi connectivity index (χ1n) is 3.84. The Kier molecular flexibility index (Phi) is 1.96. The lowest BCUT2D eigenvalue weighted by atomic mass is 9.78. The summed E-state index contributed by atoms with van der Waals surface area (Å²) in [5, 5.41) is 18.7. The SMILES string of the molecule is OB(O)c1cccc2ncncc12. The van der Waals surface area contributed by atoms with Crippen molar-refractivity contribution in [3.63, 3.8) is 0 Å². The van der Waals surface area contributed by atoms with Crippen LogP contribution in [0.5, 0.6) is 0 Å². The Morgan fingerprint density at radius 2 is 2.08 bits per heavy atom. The van der Waals surface area contributed by atoms with E-state index in [1.807, 2.05) is 0 Å². The maximum Gasteiger partial charge on any atom is 0.489 e. The predicted molar refractivity (Wildman–Crippen MR) is 49.4 cm³/mol. The summed E-state index contributed by atoms with van der Waals surface area (Å²) in [5.74, 6) is 0. The highest BCUT2D eigenvalue weighted by Gasteiger charge is 2.14. The second-order valence-electron chi connectivity index (χ2n) is 2.68. The molecule has 0 bridgehead atoms. The van der Waals surface area contributed by atoms with Gasteiger partial charge in [0.1, 0.15) is 6.33 Å². The molecule has 0 aliphatic heterocycles. The molecule has 0 radical (unpaired) electrons. The molecule has 0 unspecified atom stereocenters. The van der Waals surface area contributed by atoms with E-state index in [2.05, 4.69) is 9.97 Å². The summed E-state index contributed by atoms with van der Waals surface area (Å²) >= 11 is 0. The molecule has 64 valence electrons. The molecule has 1 aromatic heterocycles. The van der Waals surface area contributed by atoms with Gasteiger partial charge < -0.3 is 10.0 Å². The van der Waals surface area contributed by atoms with Crippen molar-refractivity contribution in [3.8, 4) is 0 Å². The highest BCUT2D eigenvalue weighted by Crippen LogP contribution is 2.05. The molecule has 2 aromatic rings. The van der Waals surface area contributed by atoms with Gasteiger partial charge in [0.15, 0.2) is 0 Å². The third-order valence-electron chi connectivity index (χ3n) is 1.86. The minimum Gasteiger partial charge on any atom is -0.423 e. The Morgan fingerprint density at radius 1 is 1.23 bits per heavy atom. The van der Waals surface area contributed by atoms with Crippen molar-refractivity contribution in [1.82, 2.24) is 9.97 Å². The summed E-state index contributed by atoms with van der Waals surface area (Å²) in [6.07, 6.45) is 2.99. The number of nitrogens with zero attached hydrogens (tertiary/aromatic N) is 2. The Hall–Kier alpha value is -1.46. The van der Waals surface area contributed by atoms with E-state index in [9.17, 15) is 0 Å². The quantitative estimate of drug-likeness (QED) is 0.561. The zero-order valence-electron chi connectivity index (χ0n) is 6.75. The maximum absolute atomic E-state index is 9.02. The summed E-state index contributed by atoms with van der Waals surface area (Å²) in [5.41, 5.74) is 1.14. The Labute approximate surface area is 75.0 Å². The van der Waals surface area contributed by atoms with Gasteiger partial charge in [0.05, 0.1) is 5.52 Å². The molecule has 0 spiro atoms. The van der Waals surface area contributed by atoms with Crippen LogP contribution in [-0.2, 0) is 0 Å². The van der Waals surface area contributed by atoms with Gasteiger partial charge in [-0.15, -0.1) is 0 Å². The molecule has 1 aromatic carbocycles. The fourth-order valence-electron chi connectivity index (χ4n) is 1.25. The van der Waals surface area contributed by atoms with Gasteiger partial charge >= 0.3 is 7.12 Å². The normalized spacial score (nSPS) is 10.3. The average Bonchev–Trinajstić information content (AvgIpc) is 2.17. The van der Waals surface area contributed by atoms with Gasteiger partial charge in [-0.25, -0.2) is 9.97 Å². The molecule has 2 N–H and O–H groups in total. The van der Waals surface area contributed by atoms with E-state index in [1.54, 1.807) is 24.4 Å². The van der Waals surface area contributed by atoms with Gasteiger partial charge in [-0.05, 0) is 11.5 Å². The molecule has 4 nitrogen and oxygen atoms in total. The first-order valence-corrected chi connectivity index (χ1v) is 3.84. The van der Waals surface area contributed by atoms with Gasteiger partial charge in [0.25, 0.3) is 0 Å². The second-order valence-corrected chi connectivity index (χ2v) is 2.68. The Balaban J connectivity index is 2.76. The van der Waals surface area contributed by atoms with Crippen molar-refractivity contribution in [1.29, 1.82) is 0 Å². The molecular formula is C8H7BN2O2. The lowest BCUT2D eigenvalue weighted by Gasteiger charge is -2.02. The fourth-order valence-corrected chi connectivity index (χ4v) is 1.25. The van der Waals surface area contributed by atoms with Crippen LogP contribution in [-0.4, -0.2) is 27.1 Å². The fraction of sp³-hybridized carbons (Fsp3) is 0. The number of fused-ring (bicyclic) bond motifs is 1. The number of benzene rings is 1. The van der Waals surface area contributed by atoms with Crippen molar-refractivity contribution >= 4 is 23.5 Å². The van der Waals surface area contributed by atoms with Crippen molar-refractivity contribution in [2.75, 3.05) is 0 Å². The highest BCUT2D eigenvalue weighted by atomic mass is 16.4. The molecule has 2 rings (SSSR count). The summed E-state index contributed by atoms with van der Waals surface area (Å²) in [4.78, 5) is 7.81. The van der Waals surface area contributed by atoms with Gasteiger partial charge in [-0.3, -0.25) is 0 Å². The first-order chi connectivity index (χ1) is 6.29. The van der Waals surface area contributed by atoms with Crippen LogP contribution in [0.4, 0.5) is 0 Å². The third kappa shape index (κ3) is 1.39. The highest BCUT2D eigenvalue weighted by molar-refractivity contribution is 6.61. The number of hydrogen-bond acceptors (Lipinski definition) is 4. The van der Waals surface area contributed by atoms with Crippen molar-refractivity contribution < 1.29 is 10.0 Å².